The molecule has 3 heterocycles. The van der Waals surface area contributed by atoms with Gasteiger partial charge >= 0.3 is 0 Å². The van der Waals surface area contributed by atoms with Crippen molar-refractivity contribution in [2.75, 3.05) is 13.1 Å². The Bertz CT molecular complexity index is 784. The number of alkyl halides is 1. The van der Waals surface area contributed by atoms with E-state index in [0.717, 1.165) is 17.7 Å². The lowest BCUT2D eigenvalue weighted by Crippen LogP contribution is -2.52. The minimum atomic E-state index is -0.823. The number of carbonyl (C=O) groups excluding carboxylic acids is 3. The third-order valence-electron chi connectivity index (χ3n) is 5.48. The molecule has 3 N–H and O–H groups in total. The fraction of sp³-hybridized carbons (Fsp3) is 0.526. The van der Waals surface area contributed by atoms with Crippen molar-refractivity contribution in [3.05, 3.63) is 34.9 Å². The van der Waals surface area contributed by atoms with Crippen molar-refractivity contribution in [1.82, 2.24) is 20.9 Å². The number of carbonyl (C=O) groups is 3. The number of rotatable bonds is 4. The Kier molecular flexibility index (Phi) is 4.92. The zero-order valence-corrected chi connectivity index (χ0v) is 15.0. The predicted molar refractivity (Wildman–Crippen MR) is 95.5 cm³/mol. The van der Waals surface area contributed by atoms with Gasteiger partial charge in [-0.25, -0.2) is 4.39 Å². The molecular formula is C19H23FN4O3. The number of benzene rings is 1. The highest BCUT2D eigenvalue weighted by Crippen LogP contribution is 2.28. The van der Waals surface area contributed by atoms with E-state index in [-0.39, 0.29) is 24.3 Å². The molecule has 8 heteroatoms. The second-order valence-corrected chi connectivity index (χ2v) is 7.46. The summed E-state index contributed by atoms with van der Waals surface area (Å²) in [5.41, 5.74) is 2.51. The third-order valence-corrected chi connectivity index (χ3v) is 5.48. The number of nitrogens with one attached hydrogen (secondary N) is 3. The van der Waals surface area contributed by atoms with Gasteiger partial charge in [0, 0.05) is 44.2 Å². The first-order valence-electron chi connectivity index (χ1n) is 9.36. The molecule has 0 radical (unpaired) electrons. The normalized spacial score (nSPS) is 28.3. The van der Waals surface area contributed by atoms with Crippen LogP contribution in [0.3, 0.4) is 0 Å². The lowest BCUT2D eigenvalue weighted by atomic mass is 10.0. The molecule has 2 saturated heterocycles. The van der Waals surface area contributed by atoms with Crippen molar-refractivity contribution in [3.63, 3.8) is 0 Å². The zero-order chi connectivity index (χ0) is 19.0. The maximum absolute atomic E-state index is 13.5. The van der Waals surface area contributed by atoms with Gasteiger partial charge in [-0.3, -0.25) is 19.7 Å². The van der Waals surface area contributed by atoms with Crippen molar-refractivity contribution in [2.45, 2.75) is 50.6 Å². The molecule has 144 valence electrons. The van der Waals surface area contributed by atoms with Crippen LogP contribution in [0.15, 0.2) is 18.2 Å². The zero-order valence-electron chi connectivity index (χ0n) is 15.0. The van der Waals surface area contributed by atoms with Gasteiger partial charge in [0.1, 0.15) is 12.2 Å². The summed E-state index contributed by atoms with van der Waals surface area (Å²) in [7, 11) is 0. The van der Waals surface area contributed by atoms with Crippen LogP contribution in [-0.4, -0.2) is 54.0 Å². The quantitative estimate of drug-likeness (QED) is 0.657. The summed E-state index contributed by atoms with van der Waals surface area (Å²) in [6.45, 7) is 2.12. The molecule has 3 aliphatic heterocycles. The number of imide groups is 1. The summed E-state index contributed by atoms with van der Waals surface area (Å²) in [5, 5.41) is 8.73. The predicted octanol–water partition coefficient (Wildman–Crippen LogP) is 0.237. The molecule has 4 rings (SSSR count). The summed E-state index contributed by atoms with van der Waals surface area (Å²) < 4.78 is 13.5. The van der Waals surface area contributed by atoms with E-state index in [1.54, 1.807) is 11.0 Å². The van der Waals surface area contributed by atoms with Crippen LogP contribution >= 0.6 is 0 Å². The highest BCUT2D eigenvalue weighted by molar-refractivity contribution is 6.05. The Balaban J connectivity index is 1.41. The van der Waals surface area contributed by atoms with Crippen LogP contribution in [0.4, 0.5) is 4.39 Å². The number of fused-ring (bicyclic) bond motifs is 1. The van der Waals surface area contributed by atoms with Gasteiger partial charge < -0.3 is 15.5 Å². The van der Waals surface area contributed by atoms with Crippen molar-refractivity contribution >= 4 is 17.7 Å². The van der Waals surface area contributed by atoms with Gasteiger partial charge in [-0.05, 0) is 30.0 Å². The van der Waals surface area contributed by atoms with Gasteiger partial charge in [0.15, 0.2) is 0 Å². The van der Waals surface area contributed by atoms with Crippen molar-refractivity contribution in [2.24, 2.45) is 0 Å². The Morgan fingerprint density at radius 3 is 2.85 bits per heavy atom. The topological polar surface area (TPSA) is 90.5 Å². The Hall–Kier alpha value is -2.32. The van der Waals surface area contributed by atoms with Crippen molar-refractivity contribution in [3.8, 4) is 0 Å². The van der Waals surface area contributed by atoms with Gasteiger partial charge in [0.05, 0.1) is 0 Å². The van der Waals surface area contributed by atoms with E-state index in [4.69, 9.17) is 0 Å². The molecule has 3 amide bonds. The molecular weight excluding hydrogens is 351 g/mol. The first-order valence-corrected chi connectivity index (χ1v) is 9.36. The van der Waals surface area contributed by atoms with Gasteiger partial charge in [0.25, 0.3) is 5.91 Å². The van der Waals surface area contributed by atoms with E-state index < -0.39 is 18.1 Å². The third kappa shape index (κ3) is 3.72. The van der Waals surface area contributed by atoms with Crippen LogP contribution in [0.25, 0.3) is 0 Å². The maximum atomic E-state index is 13.5. The van der Waals surface area contributed by atoms with Gasteiger partial charge in [-0.2, -0.15) is 0 Å². The molecule has 1 aromatic carbocycles. The van der Waals surface area contributed by atoms with Gasteiger partial charge in [0.2, 0.25) is 11.8 Å². The standard InChI is InChI=1S/C19H23FN4O3/c20-13-6-14(9-21-8-13)22-7-11-1-2-15-12(5-11)10-24(19(15)27)16-3-4-17(25)23-18(16)26/h1-2,5,13-14,16,21-22H,3-4,6-10H2,(H,23,25,26)/t13-,14+,16?/m1/s1. The van der Waals surface area contributed by atoms with Crippen molar-refractivity contribution < 1.29 is 18.8 Å². The summed E-state index contributed by atoms with van der Waals surface area (Å²) >= 11 is 0. The summed E-state index contributed by atoms with van der Waals surface area (Å²) in [6, 6.07) is 5.14. The number of piperidine rings is 2. The molecule has 3 atom stereocenters. The molecule has 3 aliphatic rings. The Morgan fingerprint density at radius 2 is 2.07 bits per heavy atom. The molecule has 2 fully saturated rings. The summed E-state index contributed by atoms with van der Waals surface area (Å²) in [4.78, 5) is 37.6. The van der Waals surface area contributed by atoms with Crippen LogP contribution in [0.1, 0.15) is 40.7 Å². The van der Waals surface area contributed by atoms with E-state index in [2.05, 4.69) is 16.0 Å². The molecule has 0 saturated carbocycles. The minimum absolute atomic E-state index is 0.0867. The van der Waals surface area contributed by atoms with E-state index in [1.165, 1.54) is 0 Å². The molecule has 0 bridgehead atoms. The van der Waals surface area contributed by atoms with Crippen molar-refractivity contribution in [1.29, 1.82) is 0 Å². The first-order chi connectivity index (χ1) is 13.0. The first kappa shape index (κ1) is 18.1. The van der Waals surface area contributed by atoms with Crippen LogP contribution < -0.4 is 16.0 Å². The van der Waals surface area contributed by atoms with Crippen LogP contribution in [0, 0.1) is 0 Å². The van der Waals surface area contributed by atoms with Crippen LogP contribution in [-0.2, 0) is 22.7 Å². The summed E-state index contributed by atoms with van der Waals surface area (Å²) in [6.07, 6.45) is 0.282. The monoisotopic (exact) mass is 374 g/mol. The molecule has 0 aromatic heterocycles. The molecule has 1 unspecified atom stereocenters. The van der Waals surface area contributed by atoms with Gasteiger partial charge in [-0.15, -0.1) is 0 Å². The fourth-order valence-corrected chi connectivity index (χ4v) is 4.05. The van der Waals surface area contributed by atoms with Crippen LogP contribution in [0.2, 0.25) is 0 Å². The average Bonchev–Trinajstić information content (AvgIpc) is 2.96. The highest BCUT2D eigenvalue weighted by atomic mass is 19.1. The number of nitrogens with zero attached hydrogens (tertiary/aromatic N) is 1. The smallest absolute Gasteiger partial charge is 0.255 e. The number of amides is 3. The van der Waals surface area contributed by atoms with E-state index in [9.17, 15) is 18.8 Å². The highest BCUT2D eigenvalue weighted by Gasteiger charge is 2.39. The van der Waals surface area contributed by atoms with E-state index in [1.807, 2.05) is 12.1 Å². The average molecular weight is 374 g/mol. The molecule has 27 heavy (non-hydrogen) atoms. The number of hydrogen-bond acceptors (Lipinski definition) is 5. The molecule has 0 aliphatic carbocycles. The number of hydrogen-bond donors (Lipinski definition) is 3. The largest absolute Gasteiger partial charge is 0.322 e. The molecule has 1 aromatic rings. The second-order valence-electron chi connectivity index (χ2n) is 7.46. The summed E-state index contributed by atoms with van der Waals surface area (Å²) in [5.74, 6) is -0.864. The minimum Gasteiger partial charge on any atom is -0.322 e. The molecule has 7 nitrogen and oxygen atoms in total. The Labute approximate surface area is 156 Å². The lowest BCUT2D eigenvalue weighted by Gasteiger charge is -2.29. The van der Waals surface area contributed by atoms with Gasteiger partial charge in [-0.1, -0.05) is 12.1 Å². The second kappa shape index (κ2) is 7.36. The number of halogens is 1. The lowest BCUT2D eigenvalue weighted by molar-refractivity contribution is -0.136. The maximum Gasteiger partial charge on any atom is 0.255 e. The van der Waals surface area contributed by atoms with E-state index >= 15 is 0 Å². The Morgan fingerprint density at radius 1 is 1.22 bits per heavy atom. The van der Waals surface area contributed by atoms with Crippen LogP contribution in [0.5, 0.6) is 0 Å². The fourth-order valence-electron chi connectivity index (χ4n) is 4.05. The SMILES string of the molecule is O=C1CCC(N2Cc3cc(CN[C@@H]4CNC[C@H](F)C4)ccc3C2=O)C(=O)N1. The van der Waals surface area contributed by atoms with E-state index in [0.29, 0.717) is 38.0 Å². The molecule has 0 spiro atoms.